The summed E-state index contributed by atoms with van der Waals surface area (Å²) in [4.78, 5) is 1.71. The van der Waals surface area contributed by atoms with Crippen LogP contribution in [0.2, 0.25) is 0 Å². The molecule has 1 aliphatic heterocycles. The van der Waals surface area contributed by atoms with Crippen LogP contribution in [0, 0.1) is 0 Å². The molecule has 2 heterocycles. The van der Waals surface area contributed by atoms with Crippen molar-refractivity contribution < 1.29 is 0 Å². The number of hydrogen-bond acceptors (Lipinski definition) is 4. The summed E-state index contributed by atoms with van der Waals surface area (Å²) in [5, 5.41) is 16.1. The third-order valence-corrected chi connectivity index (χ3v) is 2.73. The minimum absolute atomic E-state index is 0.0713. The maximum absolute atomic E-state index is 4.47. The van der Waals surface area contributed by atoms with Gasteiger partial charge in [0, 0.05) is 5.92 Å². The molecule has 1 saturated heterocycles. The van der Waals surface area contributed by atoms with Crippen molar-refractivity contribution in [2.45, 2.75) is 45.1 Å². The van der Waals surface area contributed by atoms with Gasteiger partial charge in [0.1, 0.15) is 0 Å². The fraction of sp³-hybridized carbons (Fsp3) is 0.900. The van der Waals surface area contributed by atoms with Gasteiger partial charge >= 0.3 is 0 Å². The maximum Gasteiger partial charge on any atom is 0.177 e. The smallest absolute Gasteiger partial charge is 0.177 e. The van der Waals surface area contributed by atoms with Crippen LogP contribution in [0.15, 0.2) is 0 Å². The molecule has 1 aromatic heterocycles. The molecule has 1 N–H and O–H groups in total. The van der Waals surface area contributed by atoms with E-state index in [2.05, 4.69) is 41.5 Å². The summed E-state index contributed by atoms with van der Waals surface area (Å²) >= 11 is 0. The van der Waals surface area contributed by atoms with Gasteiger partial charge in [0.15, 0.2) is 5.82 Å². The van der Waals surface area contributed by atoms with Gasteiger partial charge in [-0.25, -0.2) is 0 Å². The van der Waals surface area contributed by atoms with Crippen molar-refractivity contribution in [1.82, 2.24) is 25.5 Å². The standard InChI is InChI=1S/C10H19N5/c1-10(2,3)15-13-9(12-14-15)8-4-6-11-7-5-8/h8,11H,4-7H2,1-3H3. The van der Waals surface area contributed by atoms with Gasteiger partial charge in [0.2, 0.25) is 0 Å². The number of rotatable bonds is 1. The first-order valence-corrected chi connectivity index (χ1v) is 5.58. The third kappa shape index (κ3) is 2.34. The molecule has 1 aliphatic rings. The number of piperidine rings is 1. The zero-order chi connectivity index (χ0) is 10.9. The van der Waals surface area contributed by atoms with Crippen LogP contribution in [0.3, 0.4) is 0 Å². The minimum Gasteiger partial charge on any atom is -0.317 e. The molecule has 1 aromatic rings. The molecule has 0 amide bonds. The van der Waals surface area contributed by atoms with Crippen LogP contribution < -0.4 is 5.32 Å². The predicted molar refractivity (Wildman–Crippen MR) is 57.7 cm³/mol. The SMILES string of the molecule is CC(C)(C)n1nnc(C2CCNCC2)n1. The number of tetrazole rings is 1. The van der Waals surface area contributed by atoms with E-state index in [0.29, 0.717) is 5.92 Å². The number of nitrogens with one attached hydrogen (secondary N) is 1. The zero-order valence-corrected chi connectivity index (χ0v) is 9.69. The van der Waals surface area contributed by atoms with Crippen LogP contribution in [-0.4, -0.2) is 33.3 Å². The normalized spacial score (nSPS) is 19.4. The largest absolute Gasteiger partial charge is 0.317 e. The monoisotopic (exact) mass is 209 g/mol. The summed E-state index contributed by atoms with van der Waals surface area (Å²) in [6.07, 6.45) is 2.24. The lowest BCUT2D eigenvalue weighted by Crippen LogP contribution is -2.28. The first kappa shape index (κ1) is 10.5. The van der Waals surface area contributed by atoms with Crippen molar-refractivity contribution >= 4 is 0 Å². The zero-order valence-electron chi connectivity index (χ0n) is 9.69. The van der Waals surface area contributed by atoms with Gasteiger partial charge in [-0.05, 0) is 51.9 Å². The van der Waals surface area contributed by atoms with E-state index in [9.17, 15) is 0 Å². The van der Waals surface area contributed by atoms with Crippen LogP contribution in [0.1, 0.15) is 45.4 Å². The summed E-state index contributed by atoms with van der Waals surface area (Å²) in [6, 6.07) is 0. The molecule has 0 atom stereocenters. The Bertz CT molecular complexity index is 319. The highest BCUT2D eigenvalue weighted by atomic mass is 15.6. The lowest BCUT2D eigenvalue weighted by Gasteiger charge is -2.19. The predicted octanol–water partition coefficient (Wildman–Crippen LogP) is 0.895. The Labute approximate surface area is 90.2 Å². The van der Waals surface area contributed by atoms with E-state index in [-0.39, 0.29) is 5.54 Å². The second kappa shape index (κ2) is 3.89. The molecule has 0 saturated carbocycles. The molecule has 0 radical (unpaired) electrons. The highest BCUT2D eigenvalue weighted by Gasteiger charge is 2.23. The van der Waals surface area contributed by atoms with E-state index < -0.39 is 0 Å². The Kier molecular flexibility index (Phi) is 2.73. The topological polar surface area (TPSA) is 55.6 Å². The van der Waals surface area contributed by atoms with Gasteiger partial charge in [-0.1, -0.05) is 0 Å². The Hall–Kier alpha value is -0.970. The van der Waals surface area contributed by atoms with E-state index in [4.69, 9.17) is 0 Å². The van der Waals surface area contributed by atoms with Crippen molar-refractivity contribution in [3.8, 4) is 0 Å². The Balaban J connectivity index is 2.12. The Morgan fingerprint density at radius 1 is 1.27 bits per heavy atom. The fourth-order valence-corrected chi connectivity index (χ4v) is 1.75. The van der Waals surface area contributed by atoms with Crippen LogP contribution in [0.25, 0.3) is 0 Å². The highest BCUT2D eigenvalue weighted by molar-refractivity contribution is 4.94. The molecule has 0 unspecified atom stereocenters. The van der Waals surface area contributed by atoms with E-state index in [0.717, 1.165) is 31.8 Å². The van der Waals surface area contributed by atoms with E-state index in [1.807, 2.05) is 0 Å². The second-order valence-electron chi connectivity index (χ2n) is 5.13. The van der Waals surface area contributed by atoms with Gasteiger partial charge in [-0.15, -0.1) is 10.2 Å². The summed E-state index contributed by atoms with van der Waals surface area (Å²) < 4.78 is 0. The lowest BCUT2D eigenvalue weighted by molar-refractivity contribution is 0.304. The molecule has 2 rings (SSSR count). The highest BCUT2D eigenvalue weighted by Crippen LogP contribution is 2.22. The number of nitrogens with zero attached hydrogens (tertiary/aromatic N) is 4. The van der Waals surface area contributed by atoms with Crippen LogP contribution in [0.5, 0.6) is 0 Å². The van der Waals surface area contributed by atoms with Gasteiger partial charge in [0.25, 0.3) is 0 Å². The van der Waals surface area contributed by atoms with Crippen molar-refractivity contribution in [2.75, 3.05) is 13.1 Å². The third-order valence-electron chi connectivity index (χ3n) is 2.73. The van der Waals surface area contributed by atoms with E-state index in [1.165, 1.54) is 0 Å². The van der Waals surface area contributed by atoms with Crippen molar-refractivity contribution in [3.63, 3.8) is 0 Å². The maximum atomic E-state index is 4.47. The average Bonchev–Trinajstić information content (AvgIpc) is 2.67. The van der Waals surface area contributed by atoms with Crippen LogP contribution in [0.4, 0.5) is 0 Å². The van der Waals surface area contributed by atoms with Crippen molar-refractivity contribution in [2.24, 2.45) is 0 Å². The van der Waals surface area contributed by atoms with E-state index in [1.54, 1.807) is 4.80 Å². The molecule has 15 heavy (non-hydrogen) atoms. The first-order chi connectivity index (χ1) is 7.07. The molecule has 1 fully saturated rings. The van der Waals surface area contributed by atoms with Gasteiger partial charge < -0.3 is 5.32 Å². The Morgan fingerprint density at radius 2 is 1.93 bits per heavy atom. The number of aromatic nitrogens is 4. The lowest BCUT2D eigenvalue weighted by atomic mass is 9.98. The van der Waals surface area contributed by atoms with Gasteiger partial charge in [-0.3, -0.25) is 0 Å². The van der Waals surface area contributed by atoms with Crippen LogP contribution in [-0.2, 0) is 5.54 Å². The molecule has 84 valence electrons. The molecular formula is C10H19N5. The second-order valence-corrected chi connectivity index (χ2v) is 5.13. The van der Waals surface area contributed by atoms with Crippen molar-refractivity contribution in [3.05, 3.63) is 5.82 Å². The van der Waals surface area contributed by atoms with Gasteiger partial charge in [0.05, 0.1) is 5.54 Å². The fourth-order valence-electron chi connectivity index (χ4n) is 1.75. The molecule has 0 aliphatic carbocycles. The summed E-state index contributed by atoms with van der Waals surface area (Å²) in [5.74, 6) is 1.40. The summed E-state index contributed by atoms with van der Waals surface area (Å²) in [5.41, 5.74) is -0.0713. The molecule has 0 aromatic carbocycles. The van der Waals surface area contributed by atoms with E-state index >= 15 is 0 Å². The van der Waals surface area contributed by atoms with Crippen molar-refractivity contribution in [1.29, 1.82) is 0 Å². The number of hydrogen-bond donors (Lipinski definition) is 1. The quantitative estimate of drug-likeness (QED) is 0.746. The molecule has 5 heteroatoms. The first-order valence-electron chi connectivity index (χ1n) is 5.58. The molecule has 5 nitrogen and oxygen atoms in total. The molecule has 0 bridgehead atoms. The summed E-state index contributed by atoms with van der Waals surface area (Å²) in [7, 11) is 0. The Morgan fingerprint density at radius 3 is 2.47 bits per heavy atom. The molecule has 0 spiro atoms. The van der Waals surface area contributed by atoms with Gasteiger partial charge in [-0.2, -0.15) is 4.80 Å². The summed E-state index contributed by atoms with van der Waals surface area (Å²) in [6.45, 7) is 8.38. The average molecular weight is 209 g/mol. The molecular weight excluding hydrogens is 190 g/mol. The minimum atomic E-state index is -0.0713. The van der Waals surface area contributed by atoms with Crippen LogP contribution >= 0.6 is 0 Å².